The quantitative estimate of drug-likeness (QED) is 0.570. The second kappa shape index (κ2) is 9.96. The van der Waals surface area contributed by atoms with Crippen LogP contribution in [0.4, 0.5) is 0 Å². The zero-order valence-corrected chi connectivity index (χ0v) is 15.2. The first-order valence-electron chi connectivity index (χ1n) is 9.26. The normalized spacial score (nSPS) is 20.6. The van der Waals surface area contributed by atoms with Crippen LogP contribution < -0.4 is 15.4 Å². The van der Waals surface area contributed by atoms with Crippen molar-refractivity contribution in [1.29, 1.82) is 0 Å². The lowest BCUT2D eigenvalue weighted by molar-refractivity contribution is 0.600. The summed E-state index contributed by atoms with van der Waals surface area (Å²) in [4.78, 5) is 0. The van der Waals surface area contributed by atoms with Crippen molar-refractivity contribution >= 4 is 20.9 Å². The molecule has 1 aliphatic heterocycles. The van der Waals surface area contributed by atoms with E-state index in [2.05, 4.69) is 57.0 Å². The van der Waals surface area contributed by atoms with Gasteiger partial charge >= 0.3 is 0 Å². The highest BCUT2D eigenvalue weighted by Gasteiger charge is 2.35. The van der Waals surface area contributed by atoms with Crippen LogP contribution in [-0.4, -0.2) is 20.9 Å². The molecule has 1 fully saturated rings. The molecule has 1 saturated heterocycles. The molecule has 3 nitrogen and oxygen atoms in total. The summed E-state index contributed by atoms with van der Waals surface area (Å²) in [5.41, 5.74) is 0. The summed E-state index contributed by atoms with van der Waals surface area (Å²) in [6, 6.07) is 0. The molecule has 0 aromatic carbocycles. The fourth-order valence-electron chi connectivity index (χ4n) is 2.99. The molecule has 1 heterocycles. The highest BCUT2D eigenvalue weighted by molar-refractivity contribution is 6.87. The van der Waals surface area contributed by atoms with E-state index in [1.54, 1.807) is 0 Å². The van der Waals surface area contributed by atoms with E-state index < -0.39 is 0 Å². The molecule has 0 aromatic rings. The lowest BCUT2D eigenvalue weighted by Gasteiger charge is -2.36. The van der Waals surface area contributed by atoms with Gasteiger partial charge in [-0.05, 0) is 36.7 Å². The van der Waals surface area contributed by atoms with E-state index in [0.29, 0.717) is 20.9 Å². The molecule has 3 unspecified atom stereocenters. The summed E-state index contributed by atoms with van der Waals surface area (Å²) in [6.45, 7) is 15.3. The van der Waals surface area contributed by atoms with Crippen LogP contribution >= 0.6 is 0 Å². The van der Waals surface area contributed by atoms with Gasteiger partial charge in [0.15, 0.2) is 0 Å². The van der Waals surface area contributed by atoms with Gasteiger partial charge in [0, 0.05) is 0 Å². The molecule has 0 amide bonds. The Morgan fingerprint density at radius 2 is 0.810 bits per heavy atom. The first-order valence-corrected chi connectivity index (χ1v) is 9.26. The molecule has 0 aromatic heterocycles. The summed E-state index contributed by atoms with van der Waals surface area (Å²) < 4.78 is 0. The topological polar surface area (TPSA) is 36.1 Å². The van der Waals surface area contributed by atoms with E-state index in [1.165, 1.54) is 38.2 Å². The van der Waals surface area contributed by atoms with E-state index >= 15 is 0 Å². The first kappa shape index (κ1) is 19.1. The molecule has 3 atom stereocenters. The van der Waals surface area contributed by atoms with Gasteiger partial charge in [-0.3, -0.25) is 0 Å². The fraction of sp³-hybridized carbons (Fsp3) is 1.00. The van der Waals surface area contributed by atoms with Crippen LogP contribution in [0.1, 0.15) is 60.8 Å². The molecule has 0 aliphatic carbocycles. The second-order valence-corrected chi connectivity index (χ2v) is 7.41. The van der Waals surface area contributed by atoms with Gasteiger partial charge in [0.2, 0.25) is 0 Å². The highest BCUT2D eigenvalue weighted by atomic mass is 15.1. The van der Waals surface area contributed by atoms with Crippen molar-refractivity contribution in [2.24, 2.45) is 17.8 Å². The van der Waals surface area contributed by atoms with Crippen LogP contribution in [0.3, 0.4) is 0 Å². The average Bonchev–Trinajstić information content (AvgIpc) is 2.46. The summed E-state index contributed by atoms with van der Waals surface area (Å²) in [6.07, 6.45) is 7.47. The largest absolute Gasteiger partial charge is 0.371 e. The van der Waals surface area contributed by atoms with Crippen LogP contribution in [0.25, 0.3) is 0 Å². The molecule has 3 N–H and O–H groups in total. The Hall–Kier alpha value is 0.0748. The van der Waals surface area contributed by atoms with E-state index in [0.717, 1.165) is 17.8 Å². The minimum atomic E-state index is 0.462. The van der Waals surface area contributed by atoms with Crippen molar-refractivity contribution in [3.8, 4) is 0 Å². The number of hydrogen-bond acceptors (Lipinski definition) is 3. The van der Waals surface area contributed by atoms with Crippen molar-refractivity contribution in [2.45, 2.75) is 79.8 Å². The summed E-state index contributed by atoms with van der Waals surface area (Å²) in [7, 11) is 0. The predicted octanol–water partition coefficient (Wildman–Crippen LogP) is 3.37. The first-order chi connectivity index (χ1) is 9.98. The van der Waals surface area contributed by atoms with Crippen molar-refractivity contribution in [3.63, 3.8) is 0 Å². The Morgan fingerprint density at radius 1 is 0.571 bits per heavy atom. The van der Waals surface area contributed by atoms with Crippen molar-refractivity contribution in [2.75, 3.05) is 0 Å². The highest BCUT2D eigenvalue weighted by Crippen LogP contribution is 2.16. The molecule has 21 heavy (non-hydrogen) atoms. The van der Waals surface area contributed by atoms with Crippen molar-refractivity contribution < 1.29 is 0 Å². The standard InChI is InChI=1S/C15H36B3N3/c1-7-13(4)10-16-19-17(11-14(5)8-2)21-18(20-16)12-15(6)9-3/h13-15,19-21H,7-12H2,1-6H3. The molecule has 0 radical (unpaired) electrons. The molecule has 1 aliphatic rings. The van der Waals surface area contributed by atoms with E-state index in [-0.39, 0.29) is 0 Å². The summed E-state index contributed by atoms with van der Waals surface area (Å²) in [5, 5.41) is 11.3. The Morgan fingerprint density at radius 3 is 1.00 bits per heavy atom. The van der Waals surface area contributed by atoms with Crippen molar-refractivity contribution in [3.05, 3.63) is 0 Å². The van der Waals surface area contributed by atoms with Gasteiger partial charge in [-0.1, -0.05) is 60.8 Å². The second-order valence-electron chi connectivity index (χ2n) is 7.41. The monoisotopic (exact) mass is 291 g/mol. The van der Waals surface area contributed by atoms with Crippen LogP contribution in [-0.2, 0) is 0 Å². The number of rotatable bonds is 9. The molecule has 0 bridgehead atoms. The maximum atomic E-state index is 3.78. The summed E-state index contributed by atoms with van der Waals surface area (Å²) in [5.74, 6) is 2.34. The number of nitrogens with one attached hydrogen (secondary N) is 3. The lowest BCUT2D eigenvalue weighted by atomic mass is 9.44. The zero-order valence-electron chi connectivity index (χ0n) is 15.2. The van der Waals surface area contributed by atoms with E-state index in [9.17, 15) is 0 Å². The van der Waals surface area contributed by atoms with Crippen molar-refractivity contribution in [1.82, 2.24) is 15.4 Å². The van der Waals surface area contributed by atoms with Gasteiger partial charge in [-0.2, -0.15) is 0 Å². The van der Waals surface area contributed by atoms with Gasteiger partial charge in [-0.15, -0.1) is 0 Å². The Kier molecular flexibility index (Phi) is 9.07. The Bertz CT molecular complexity index is 232. The van der Waals surface area contributed by atoms with Gasteiger partial charge in [0.25, 0.3) is 20.9 Å². The van der Waals surface area contributed by atoms with Crippen LogP contribution in [0.2, 0.25) is 19.0 Å². The maximum Gasteiger partial charge on any atom is 0.284 e. The average molecular weight is 291 g/mol. The maximum absolute atomic E-state index is 3.78. The van der Waals surface area contributed by atoms with E-state index in [4.69, 9.17) is 0 Å². The van der Waals surface area contributed by atoms with Gasteiger partial charge in [0.05, 0.1) is 0 Å². The molecule has 0 saturated carbocycles. The molecular formula is C15H36B3N3. The lowest BCUT2D eigenvalue weighted by Crippen LogP contribution is -2.75. The predicted molar refractivity (Wildman–Crippen MR) is 99.5 cm³/mol. The van der Waals surface area contributed by atoms with Crippen LogP contribution in [0.15, 0.2) is 0 Å². The van der Waals surface area contributed by atoms with Gasteiger partial charge in [-0.25, -0.2) is 0 Å². The zero-order chi connectivity index (χ0) is 15.8. The third kappa shape index (κ3) is 7.25. The van der Waals surface area contributed by atoms with Crippen LogP contribution in [0.5, 0.6) is 0 Å². The SMILES string of the molecule is CCC(C)CB1NB(CC(C)CC)NB(CC(C)CC)N1. The fourth-order valence-corrected chi connectivity index (χ4v) is 2.99. The minimum absolute atomic E-state index is 0.462. The van der Waals surface area contributed by atoms with Gasteiger partial charge < -0.3 is 15.4 Å². The molecular weight excluding hydrogens is 255 g/mol. The summed E-state index contributed by atoms with van der Waals surface area (Å²) >= 11 is 0. The third-order valence-electron chi connectivity index (χ3n) is 5.21. The molecule has 120 valence electrons. The Balaban J connectivity index is 2.59. The molecule has 1 rings (SSSR count). The van der Waals surface area contributed by atoms with Gasteiger partial charge in [0.1, 0.15) is 0 Å². The van der Waals surface area contributed by atoms with E-state index in [1.807, 2.05) is 0 Å². The Labute approximate surface area is 134 Å². The number of hydrogen-bond donors (Lipinski definition) is 3. The molecule has 0 spiro atoms. The minimum Gasteiger partial charge on any atom is -0.371 e. The molecule has 6 heteroatoms. The third-order valence-corrected chi connectivity index (χ3v) is 5.21. The smallest absolute Gasteiger partial charge is 0.284 e. The van der Waals surface area contributed by atoms with Crippen LogP contribution in [0, 0.1) is 17.8 Å².